The molecule has 0 spiro atoms. The summed E-state index contributed by atoms with van der Waals surface area (Å²) in [5.74, 6) is 0.287. The van der Waals surface area contributed by atoms with Gasteiger partial charge in [0.15, 0.2) is 9.84 Å². The molecule has 0 saturated carbocycles. The van der Waals surface area contributed by atoms with Gasteiger partial charge in [-0.1, -0.05) is 18.2 Å². The maximum atomic E-state index is 12.8. The Morgan fingerprint density at radius 3 is 2.62 bits per heavy atom. The summed E-state index contributed by atoms with van der Waals surface area (Å²) in [5.41, 5.74) is 2.05. The van der Waals surface area contributed by atoms with Gasteiger partial charge in [-0.25, -0.2) is 8.42 Å². The molecule has 1 aromatic heterocycles. The fraction of sp³-hybridized carbons (Fsp3) is 0.400. The van der Waals surface area contributed by atoms with Gasteiger partial charge in [0.05, 0.1) is 10.8 Å². The molecule has 1 aliphatic rings. The number of carbonyl (C=O) groups excluding carboxylic acids is 1. The highest BCUT2D eigenvalue weighted by Crippen LogP contribution is 2.26. The molecule has 5 nitrogen and oxygen atoms in total. The van der Waals surface area contributed by atoms with Crippen LogP contribution in [0.4, 0.5) is 0 Å². The Labute approximate surface area is 155 Å². The number of pyridine rings is 1. The Balaban J connectivity index is 1.62. The zero-order valence-corrected chi connectivity index (χ0v) is 15.9. The van der Waals surface area contributed by atoms with E-state index in [1.165, 1.54) is 11.8 Å². The fourth-order valence-electron chi connectivity index (χ4n) is 3.47. The molecule has 3 rings (SSSR count). The van der Waals surface area contributed by atoms with Crippen molar-refractivity contribution in [1.82, 2.24) is 9.88 Å². The van der Waals surface area contributed by atoms with Crippen LogP contribution >= 0.6 is 0 Å². The first kappa shape index (κ1) is 18.6. The topological polar surface area (TPSA) is 67.3 Å². The number of nitrogens with zero attached hydrogens (tertiary/aromatic N) is 2. The largest absolute Gasteiger partial charge is 0.342 e. The summed E-state index contributed by atoms with van der Waals surface area (Å²) in [7, 11) is -3.22. The molecule has 138 valence electrons. The highest BCUT2D eigenvalue weighted by molar-refractivity contribution is 7.90. The zero-order chi connectivity index (χ0) is 18.7. The predicted octanol–water partition coefficient (Wildman–Crippen LogP) is 2.68. The summed E-state index contributed by atoms with van der Waals surface area (Å²) in [6, 6.07) is 10.6. The van der Waals surface area contributed by atoms with Gasteiger partial charge in [-0.3, -0.25) is 9.78 Å². The van der Waals surface area contributed by atoms with Gasteiger partial charge >= 0.3 is 0 Å². The highest BCUT2D eigenvalue weighted by Gasteiger charge is 2.29. The Kier molecular flexibility index (Phi) is 5.41. The third-order valence-corrected chi connectivity index (χ3v) is 6.15. The molecule has 1 aromatic carbocycles. The number of amides is 1. The first-order valence-electron chi connectivity index (χ1n) is 8.82. The Morgan fingerprint density at radius 2 is 2.00 bits per heavy atom. The molecular formula is C20H24N2O3S. The lowest BCUT2D eigenvalue weighted by Gasteiger charge is -2.21. The molecule has 1 saturated heterocycles. The van der Waals surface area contributed by atoms with Gasteiger partial charge < -0.3 is 4.90 Å². The summed E-state index contributed by atoms with van der Waals surface area (Å²) in [6.07, 6.45) is 6.78. The molecule has 1 amide bonds. The third-order valence-electron chi connectivity index (χ3n) is 5.02. The molecule has 0 aliphatic carbocycles. The van der Waals surface area contributed by atoms with Crippen LogP contribution < -0.4 is 0 Å². The molecular weight excluding hydrogens is 348 g/mol. The number of sulfone groups is 1. The number of hydrogen-bond acceptors (Lipinski definition) is 4. The molecule has 2 heterocycles. The van der Waals surface area contributed by atoms with Gasteiger partial charge in [0.1, 0.15) is 0 Å². The van der Waals surface area contributed by atoms with E-state index in [1.54, 1.807) is 30.5 Å². The van der Waals surface area contributed by atoms with Gasteiger partial charge in [-0.2, -0.15) is 0 Å². The van der Waals surface area contributed by atoms with Crippen LogP contribution in [0.2, 0.25) is 0 Å². The maximum Gasteiger partial charge on any atom is 0.229 e. The molecule has 6 heteroatoms. The molecule has 2 atom stereocenters. The summed E-state index contributed by atoms with van der Waals surface area (Å²) in [6.45, 7) is 3.42. The van der Waals surface area contributed by atoms with E-state index < -0.39 is 9.84 Å². The van der Waals surface area contributed by atoms with E-state index in [1.807, 2.05) is 24.1 Å². The number of rotatable bonds is 5. The number of aromatic nitrogens is 1. The van der Waals surface area contributed by atoms with Crippen LogP contribution in [0.3, 0.4) is 0 Å². The van der Waals surface area contributed by atoms with Gasteiger partial charge in [-0.05, 0) is 55.0 Å². The summed E-state index contributed by atoms with van der Waals surface area (Å²) in [5, 5.41) is 0. The smallest absolute Gasteiger partial charge is 0.229 e. The second-order valence-corrected chi connectivity index (χ2v) is 9.08. The molecule has 1 aliphatic heterocycles. The molecule has 0 bridgehead atoms. The normalized spacial score (nSPS) is 18.7. The van der Waals surface area contributed by atoms with Crippen LogP contribution in [0, 0.1) is 5.92 Å². The van der Waals surface area contributed by atoms with Crippen LogP contribution in [-0.4, -0.2) is 43.6 Å². The number of hydrogen-bond donors (Lipinski definition) is 0. The van der Waals surface area contributed by atoms with Crippen LogP contribution in [0.25, 0.3) is 0 Å². The monoisotopic (exact) mass is 372 g/mol. The second kappa shape index (κ2) is 7.58. The number of likely N-dealkylation sites (tertiary alicyclic amines) is 1. The Hall–Kier alpha value is -2.21. The van der Waals surface area contributed by atoms with Crippen molar-refractivity contribution in [3.8, 4) is 0 Å². The first-order valence-corrected chi connectivity index (χ1v) is 10.7. The minimum Gasteiger partial charge on any atom is -0.342 e. The van der Waals surface area contributed by atoms with E-state index in [9.17, 15) is 13.2 Å². The van der Waals surface area contributed by atoms with E-state index in [-0.39, 0.29) is 16.7 Å². The Morgan fingerprint density at radius 1 is 1.27 bits per heavy atom. The maximum absolute atomic E-state index is 12.8. The van der Waals surface area contributed by atoms with Crippen LogP contribution in [0.15, 0.2) is 53.7 Å². The lowest BCUT2D eigenvalue weighted by atomic mass is 9.99. The molecule has 0 N–H and O–H groups in total. The zero-order valence-electron chi connectivity index (χ0n) is 15.1. The second-order valence-electron chi connectivity index (χ2n) is 7.07. The van der Waals surface area contributed by atoms with Gasteiger partial charge in [0.2, 0.25) is 5.91 Å². The minimum atomic E-state index is -3.22. The fourth-order valence-corrected chi connectivity index (χ4v) is 4.10. The SMILES string of the molecule is CC(C(=O)N1CCC(Cc2cccnc2)C1)c1ccc(S(C)(=O)=O)cc1. The van der Waals surface area contributed by atoms with Crippen molar-refractivity contribution in [2.75, 3.05) is 19.3 Å². The lowest BCUT2D eigenvalue weighted by Crippen LogP contribution is -2.32. The average molecular weight is 372 g/mol. The minimum absolute atomic E-state index is 0.103. The predicted molar refractivity (Wildman–Crippen MR) is 101 cm³/mol. The van der Waals surface area contributed by atoms with Crippen molar-refractivity contribution in [1.29, 1.82) is 0 Å². The highest BCUT2D eigenvalue weighted by atomic mass is 32.2. The van der Waals surface area contributed by atoms with Crippen molar-refractivity contribution in [2.24, 2.45) is 5.92 Å². The van der Waals surface area contributed by atoms with E-state index in [0.717, 1.165) is 31.5 Å². The molecule has 2 unspecified atom stereocenters. The standard InChI is InChI=1S/C20H24N2O3S/c1-15(18-5-7-19(8-6-18)26(2,24)25)20(23)22-11-9-17(14-22)12-16-4-3-10-21-13-16/h3-8,10,13,15,17H,9,11-12,14H2,1-2H3. The quantitative estimate of drug-likeness (QED) is 0.809. The van der Waals surface area contributed by atoms with E-state index in [4.69, 9.17) is 0 Å². The molecule has 0 radical (unpaired) electrons. The van der Waals surface area contributed by atoms with Crippen molar-refractivity contribution in [2.45, 2.75) is 30.6 Å². The van der Waals surface area contributed by atoms with Crippen molar-refractivity contribution >= 4 is 15.7 Å². The molecule has 1 fully saturated rings. The van der Waals surface area contributed by atoms with Crippen LogP contribution in [0.5, 0.6) is 0 Å². The van der Waals surface area contributed by atoms with Gasteiger partial charge in [0, 0.05) is 31.7 Å². The van der Waals surface area contributed by atoms with Crippen molar-refractivity contribution in [3.05, 3.63) is 59.9 Å². The van der Waals surface area contributed by atoms with Gasteiger partial charge in [-0.15, -0.1) is 0 Å². The lowest BCUT2D eigenvalue weighted by molar-refractivity contribution is -0.131. The van der Waals surface area contributed by atoms with Gasteiger partial charge in [0.25, 0.3) is 0 Å². The van der Waals surface area contributed by atoms with E-state index in [2.05, 4.69) is 11.1 Å². The van der Waals surface area contributed by atoms with Crippen LogP contribution in [-0.2, 0) is 21.1 Å². The van der Waals surface area contributed by atoms with Crippen molar-refractivity contribution < 1.29 is 13.2 Å². The number of benzene rings is 1. The summed E-state index contributed by atoms with van der Waals surface area (Å²) < 4.78 is 23.1. The van der Waals surface area contributed by atoms with E-state index in [0.29, 0.717) is 5.92 Å². The third kappa shape index (κ3) is 4.30. The first-order chi connectivity index (χ1) is 12.3. The Bertz CT molecular complexity index is 864. The molecule has 2 aromatic rings. The van der Waals surface area contributed by atoms with Crippen molar-refractivity contribution in [3.63, 3.8) is 0 Å². The molecule has 26 heavy (non-hydrogen) atoms. The summed E-state index contributed by atoms with van der Waals surface area (Å²) in [4.78, 5) is 19.2. The summed E-state index contributed by atoms with van der Waals surface area (Å²) >= 11 is 0. The number of carbonyl (C=O) groups is 1. The average Bonchev–Trinajstić information content (AvgIpc) is 3.09. The van der Waals surface area contributed by atoms with Crippen LogP contribution in [0.1, 0.15) is 30.4 Å². The van der Waals surface area contributed by atoms with E-state index >= 15 is 0 Å².